The van der Waals surface area contributed by atoms with Crippen LogP contribution in [0.25, 0.3) is 0 Å². The lowest BCUT2D eigenvalue weighted by Crippen LogP contribution is -2.12. The first-order chi connectivity index (χ1) is 7.77. The molecule has 0 saturated heterocycles. The number of nitrogens with zero attached hydrogens (tertiary/aromatic N) is 1. The van der Waals surface area contributed by atoms with Gasteiger partial charge < -0.3 is 5.32 Å². The molecule has 0 spiro atoms. The van der Waals surface area contributed by atoms with Crippen molar-refractivity contribution in [3.63, 3.8) is 0 Å². The molecule has 5 heteroatoms. The summed E-state index contributed by atoms with van der Waals surface area (Å²) in [7, 11) is 0. The minimum Gasteiger partial charge on any atom is -0.308 e. The summed E-state index contributed by atoms with van der Waals surface area (Å²) in [5.74, 6) is -0.225. The molecule has 0 unspecified atom stereocenters. The monoisotopic (exact) mass is 300 g/mol. The largest absolute Gasteiger partial charge is 0.308 e. The molecule has 0 saturated carbocycles. The van der Waals surface area contributed by atoms with Crippen LogP contribution in [0.3, 0.4) is 0 Å². The highest BCUT2D eigenvalue weighted by Crippen LogP contribution is 2.20. The molecule has 1 aromatic carbocycles. The van der Waals surface area contributed by atoms with Crippen molar-refractivity contribution in [2.45, 2.75) is 13.1 Å². The molecule has 0 aliphatic rings. The number of rotatable bonds is 4. The van der Waals surface area contributed by atoms with E-state index in [1.54, 1.807) is 22.9 Å². The van der Waals surface area contributed by atoms with Crippen LogP contribution in [0.2, 0.25) is 0 Å². The van der Waals surface area contributed by atoms with Crippen LogP contribution in [0.15, 0.2) is 34.4 Å². The predicted octanol–water partition coefficient (Wildman–Crippen LogP) is 3.33. The van der Waals surface area contributed by atoms with Crippen molar-refractivity contribution in [1.82, 2.24) is 10.3 Å². The number of hydrogen-bond acceptors (Lipinski definition) is 3. The van der Waals surface area contributed by atoms with Crippen molar-refractivity contribution in [3.05, 3.63) is 50.6 Å². The molecule has 0 fully saturated rings. The van der Waals surface area contributed by atoms with E-state index in [0.717, 1.165) is 12.1 Å². The van der Waals surface area contributed by atoms with E-state index in [1.165, 1.54) is 10.9 Å². The van der Waals surface area contributed by atoms with Crippen molar-refractivity contribution in [2.24, 2.45) is 0 Å². The number of halogens is 2. The SMILES string of the molecule is Fc1cccc(CNCc2cncs2)c1Br. The van der Waals surface area contributed by atoms with E-state index in [1.807, 2.05) is 12.3 Å². The van der Waals surface area contributed by atoms with Gasteiger partial charge in [0.1, 0.15) is 5.82 Å². The Balaban J connectivity index is 1.92. The molecule has 16 heavy (non-hydrogen) atoms. The molecule has 2 rings (SSSR count). The van der Waals surface area contributed by atoms with Gasteiger partial charge in [0, 0.05) is 24.2 Å². The zero-order chi connectivity index (χ0) is 11.4. The first-order valence-corrected chi connectivity index (χ1v) is 6.45. The van der Waals surface area contributed by atoms with Crippen molar-refractivity contribution in [1.29, 1.82) is 0 Å². The van der Waals surface area contributed by atoms with Gasteiger partial charge in [0.15, 0.2) is 0 Å². The second-order valence-electron chi connectivity index (χ2n) is 3.28. The molecule has 84 valence electrons. The Labute approximate surface area is 106 Å². The Morgan fingerprint density at radius 1 is 1.38 bits per heavy atom. The van der Waals surface area contributed by atoms with Gasteiger partial charge in [0.05, 0.1) is 9.98 Å². The Bertz CT molecular complexity index is 459. The van der Waals surface area contributed by atoms with Crippen LogP contribution in [-0.2, 0) is 13.1 Å². The Hall–Kier alpha value is -0.780. The third-order valence-electron chi connectivity index (χ3n) is 2.13. The lowest BCUT2D eigenvalue weighted by atomic mass is 10.2. The second kappa shape index (κ2) is 5.52. The molecule has 1 aromatic heterocycles. The van der Waals surface area contributed by atoms with E-state index in [4.69, 9.17) is 0 Å². The maximum absolute atomic E-state index is 13.2. The zero-order valence-electron chi connectivity index (χ0n) is 8.41. The Morgan fingerprint density at radius 3 is 3.00 bits per heavy atom. The van der Waals surface area contributed by atoms with Crippen LogP contribution >= 0.6 is 27.3 Å². The van der Waals surface area contributed by atoms with Crippen molar-refractivity contribution >= 4 is 27.3 Å². The topological polar surface area (TPSA) is 24.9 Å². The molecule has 0 aliphatic carbocycles. The minimum atomic E-state index is -0.225. The molecular formula is C11H10BrFN2S. The van der Waals surface area contributed by atoms with Gasteiger partial charge in [-0.2, -0.15) is 0 Å². The van der Waals surface area contributed by atoms with Gasteiger partial charge >= 0.3 is 0 Å². The summed E-state index contributed by atoms with van der Waals surface area (Å²) >= 11 is 4.84. The van der Waals surface area contributed by atoms with Gasteiger partial charge in [-0.15, -0.1) is 11.3 Å². The van der Waals surface area contributed by atoms with Crippen molar-refractivity contribution in [2.75, 3.05) is 0 Å². The fraction of sp³-hybridized carbons (Fsp3) is 0.182. The highest BCUT2D eigenvalue weighted by Gasteiger charge is 2.04. The van der Waals surface area contributed by atoms with Gasteiger partial charge in [-0.25, -0.2) is 4.39 Å². The van der Waals surface area contributed by atoms with Gasteiger partial charge in [0.2, 0.25) is 0 Å². The van der Waals surface area contributed by atoms with Crippen molar-refractivity contribution in [3.8, 4) is 0 Å². The van der Waals surface area contributed by atoms with Gasteiger partial charge in [-0.3, -0.25) is 4.98 Å². The minimum absolute atomic E-state index is 0.225. The van der Waals surface area contributed by atoms with E-state index >= 15 is 0 Å². The van der Waals surface area contributed by atoms with Crippen LogP contribution < -0.4 is 5.32 Å². The molecular weight excluding hydrogens is 291 g/mol. The van der Waals surface area contributed by atoms with Crippen LogP contribution in [0.4, 0.5) is 4.39 Å². The van der Waals surface area contributed by atoms with Gasteiger partial charge in [0.25, 0.3) is 0 Å². The number of aromatic nitrogens is 1. The maximum atomic E-state index is 13.2. The summed E-state index contributed by atoms with van der Waals surface area (Å²) in [5.41, 5.74) is 2.72. The lowest BCUT2D eigenvalue weighted by Gasteiger charge is -2.06. The molecule has 1 heterocycles. The van der Waals surface area contributed by atoms with Crippen LogP contribution in [0, 0.1) is 5.82 Å². The average molecular weight is 301 g/mol. The zero-order valence-corrected chi connectivity index (χ0v) is 10.8. The van der Waals surface area contributed by atoms with Crippen LogP contribution in [-0.4, -0.2) is 4.98 Å². The van der Waals surface area contributed by atoms with Gasteiger partial charge in [-0.05, 0) is 27.6 Å². The van der Waals surface area contributed by atoms with Crippen molar-refractivity contribution < 1.29 is 4.39 Å². The molecule has 0 aliphatic heterocycles. The van der Waals surface area contributed by atoms with Crippen LogP contribution in [0.1, 0.15) is 10.4 Å². The van der Waals surface area contributed by atoms with E-state index < -0.39 is 0 Å². The molecule has 0 amide bonds. The maximum Gasteiger partial charge on any atom is 0.137 e. The summed E-state index contributed by atoms with van der Waals surface area (Å²) in [6, 6.07) is 5.05. The molecule has 0 radical (unpaired) electrons. The lowest BCUT2D eigenvalue weighted by molar-refractivity contribution is 0.612. The highest BCUT2D eigenvalue weighted by atomic mass is 79.9. The summed E-state index contributed by atoms with van der Waals surface area (Å²) in [5, 5.41) is 3.25. The summed E-state index contributed by atoms with van der Waals surface area (Å²) in [4.78, 5) is 5.16. The first kappa shape index (κ1) is 11.7. The van der Waals surface area contributed by atoms with E-state index in [2.05, 4.69) is 26.2 Å². The standard InChI is InChI=1S/C11H10BrFN2S/c12-11-8(2-1-3-10(11)13)4-14-5-9-6-15-7-16-9/h1-3,6-7,14H,4-5H2. The quantitative estimate of drug-likeness (QED) is 0.937. The Kier molecular flexibility index (Phi) is 4.04. The van der Waals surface area contributed by atoms with Gasteiger partial charge in [-0.1, -0.05) is 12.1 Å². The first-order valence-electron chi connectivity index (χ1n) is 4.78. The number of hydrogen-bond donors (Lipinski definition) is 1. The third kappa shape index (κ3) is 2.87. The van der Waals surface area contributed by atoms with E-state index in [0.29, 0.717) is 11.0 Å². The summed E-state index contributed by atoms with van der Waals surface area (Å²) in [6.45, 7) is 1.39. The smallest absolute Gasteiger partial charge is 0.137 e. The summed E-state index contributed by atoms with van der Waals surface area (Å²) < 4.78 is 13.7. The highest BCUT2D eigenvalue weighted by molar-refractivity contribution is 9.10. The molecule has 1 N–H and O–H groups in total. The second-order valence-corrected chi connectivity index (χ2v) is 5.05. The fourth-order valence-electron chi connectivity index (χ4n) is 1.33. The van der Waals surface area contributed by atoms with Crippen LogP contribution in [0.5, 0.6) is 0 Å². The third-order valence-corrected chi connectivity index (χ3v) is 3.80. The number of thiazole rings is 1. The average Bonchev–Trinajstić information content (AvgIpc) is 2.77. The fourth-order valence-corrected chi connectivity index (χ4v) is 2.30. The number of benzene rings is 1. The molecule has 2 nitrogen and oxygen atoms in total. The van der Waals surface area contributed by atoms with E-state index in [9.17, 15) is 4.39 Å². The molecule has 0 atom stereocenters. The normalized spacial score (nSPS) is 10.6. The summed E-state index contributed by atoms with van der Waals surface area (Å²) in [6.07, 6.45) is 1.83. The molecule has 2 aromatic rings. The number of nitrogens with one attached hydrogen (secondary N) is 1. The predicted molar refractivity (Wildman–Crippen MR) is 66.8 cm³/mol. The van der Waals surface area contributed by atoms with E-state index in [-0.39, 0.29) is 5.82 Å². The molecule has 0 bridgehead atoms. The Morgan fingerprint density at radius 2 is 2.25 bits per heavy atom.